The van der Waals surface area contributed by atoms with Crippen molar-refractivity contribution in [3.05, 3.63) is 36.3 Å². The van der Waals surface area contributed by atoms with Crippen LogP contribution in [0.3, 0.4) is 0 Å². The summed E-state index contributed by atoms with van der Waals surface area (Å²) in [6, 6.07) is 7.37. The van der Waals surface area contributed by atoms with Gasteiger partial charge in [0.15, 0.2) is 5.16 Å². The lowest BCUT2D eigenvalue weighted by Gasteiger charge is -2.00. The Hall–Kier alpha value is -1.80. The summed E-state index contributed by atoms with van der Waals surface area (Å²) < 4.78 is 1.91. The number of hydrogen-bond donors (Lipinski definition) is 0. The molecule has 0 saturated carbocycles. The monoisotopic (exact) mass is 216 g/mol. The molecule has 4 nitrogen and oxygen atoms in total. The Morgan fingerprint density at radius 1 is 1.47 bits per heavy atom. The lowest BCUT2D eigenvalue weighted by Crippen LogP contribution is -1.90. The van der Waals surface area contributed by atoms with Crippen LogP contribution < -0.4 is 0 Å². The molecule has 0 aliphatic carbocycles. The summed E-state index contributed by atoms with van der Waals surface area (Å²) in [5, 5.41) is 10.3. The highest BCUT2D eigenvalue weighted by molar-refractivity contribution is 7.99. The Morgan fingerprint density at radius 2 is 2.33 bits per heavy atom. The SMILES string of the molecule is Cn1ccnc1Sc1cccc(C#N)n1. The van der Waals surface area contributed by atoms with Crippen molar-refractivity contribution < 1.29 is 0 Å². The molecule has 5 heteroatoms. The maximum Gasteiger partial charge on any atom is 0.174 e. The molecule has 2 aromatic rings. The van der Waals surface area contributed by atoms with E-state index in [0.717, 1.165) is 10.2 Å². The van der Waals surface area contributed by atoms with Crippen molar-refractivity contribution in [1.29, 1.82) is 5.26 Å². The molecule has 74 valence electrons. The Labute approximate surface area is 91.6 Å². The van der Waals surface area contributed by atoms with E-state index in [2.05, 4.69) is 9.97 Å². The summed E-state index contributed by atoms with van der Waals surface area (Å²) in [5.41, 5.74) is 0.425. The van der Waals surface area contributed by atoms with Gasteiger partial charge in [-0.15, -0.1) is 0 Å². The van der Waals surface area contributed by atoms with Crippen LogP contribution in [0.1, 0.15) is 5.69 Å². The first-order chi connectivity index (χ1) is 7.29. The molecule has 0 aliphatic heterocycles. The van der Waals surface area contributed by atoms with E-state index >= 15 is 0 Å². The predicted molar refractivity (Wildman–Crippen MR) is 56.3 cm³/mol. The fourth-order valence-corrected chi connectivity index (χ4v) is 1.87. The number of aryl methyl sites for hydroxylation is 1. The topological polar surface area (TPSA) is 54.5 Å². The number of aromatic nitrogens is 3. The Balaban J connectivity index is 2.25. The minimum Gasteiger partial charge on any atom is -0.329 e. The predicted octanol–water partition coefficient (Wildman–Crippen LogP) is 1.84. The molecule has 0 amide bonds. The second kappa shape index (κ2) is 4.15. The van der Waals surface area contributed by atoms with Crippen LogP contribution >= 0.6 is 11.8 Å². The van der Waals surface area contributed by atoms with Gasteiger partial charge in [-0.05, 0) is 23.9 Å². The summed E-state index contributed by atoms with van der Waals surface area (Å²) in [7, 11) is 1.92. The zero-order chi connectivity index (χ0) is 10.7. The third kappa shape index (κ3) is 2.17. The van der Waals surface area contributed by atoms with E-state index in [-0.39, 0.29) is 0 Å². The Bertz CT molecular complexity index is 512. The van der Waals surface area contributed by atoms with E-state index in [4.69, 9.17) is 5.26 Å². The van der Waals surface area contributed by atoms with Gasteiger partial charge in [0, 0.05) is 19.4 Å². The van der Waals surface area contributed by atoms with Crippen molar-refractivity contribution in [2.24, 2.45) is 7.05 Å². The fourth-order valence-electron chi connectivity index (χ4n) is 1.08. The molecule has 0 bridgehead atoms. The molecular formula is C10H8N4S. The van der Waals surface area contributed by atoms with Gasteiger partial charge < -0.3 is 4.57 Å². The number of rotatable bonds is 2. The molecule has 2 aromatic heterocycles. The zero-order valence-corrected chi connectivity index (χ0v) is 8.90. The van der Waals surface area contributed by atoms with Crippen molar-refractivity contribution in [2.75, 3.05) is 0 Å². The van der Waals surface area contributed by atoms with Crippen LogP contribution in [0.5, 0.6) is 0 Å². The van der Waals surface area contributed by atoms with Crippen molar-refractivity contribution >= 4 is 11.8 Å². The molecule has 2 heterocycles. The molecule has 0 saturated heterocycles. The van der Waals surface area contributed by atoms with Gasteiger partial charge in [0.25, 0.3) is 0 Å². The number of pyridine rings is 1. The molecule has 0 unspecified atom stereocenters. The van der Waals surface area contributed by atoms with E-state index in [1.165, 1.54) is 11.8 Å². The van der Waals surface area contributed by atoms with Gasteiger partial charge in [-0.1, -0.05) is 6.07 Å². The molecule has 0 aromatic carbocycles. The van der Waals surface area contributed by atoms with Crippen molar-refractivity contribution in [3.63, 3.8) is 0 Å². The molecular weight excluding hydrogens is 208 g/mol. The van der Waals surface area contributed by atoms with Crippen molar-refractivity contribution in [1.82, 2.24) is 14.5 Å². The van der Waals surface area contributed by atoms with Crippen molar-refractivity contribution in [3.8, 4) is 6.07 Å². The van der Waals surface area contributed by atoms with Crippen LogP contribution in [0, 0.1) is 11.3 Å². The highest BCUT2D eigenvalue weighted by Crippen LogP contribution is 2.23. The molecule has 0 atom stereocenters. The highest BCUT2D eigenvalue weighted by Gasteiger charge is 2.03. The average Bonchev–Trinajstić information content (AvgIpc) is 2.65. The smallest absolute Gasteiger partial charge is 0.174 e. The normalized spacial score (nSPS) is 9.87. The van der Waals surface area contributed by atoms with Crippen LogP contribution in [-0.2, 0) is 7.05 Å². The summed E-state index contributed by atoms with van der Waals surface area (Å²) in [4.78, 5) is 8.33. The van der Waals surface area contributed by atoms with E-state index in [0.29, 0.717) is 5.69 Å². The lowest BCUT2D eigenvalue weighted by molar-refractivity contribution is 0.788. The van der Waals surface area contributed by atoms with Crippen molar-refractivity contribution in [2.45, 2.75) is 10.2 Å². The average molecular weight is 216 g/mol. The first kappa shape index (κ1) is 9.74. The summed E-state index contributed by atoms with van der Waals surface area (Å²) in [5.74, 6) is 0. The number of hydrogen-bond acceptors (Lipinski definition) is 4. The van der Waals surface area contributed by atoms with Gasteiger partial charge >= 0.3 is 0 Å². The van der Waals surface area contributed by atoms with Crippen LogP contribution in [0.4, 0.5) is 0 Å². The second-order valence-corrected chi connectivity index (χ2v) is 3.88. The third-order valence-corrected chi connectivity index (χ3v) is 2.82. The van der Waals surface area contributed by atoms with E-state index in [1.807, 2.05) is 36.0 Å². The minimum atomic E-state index is 0.425. The van der Waals surface area contributed by atoms with Gasteiger partial charge in [-0.3, -0.25) is 0 Å². The molecule has 0 aliphatic rings. The van der Waals surface area contributed by atoms with E-state index in [1.54, 1.807) is 12.3 Å². The third-order valence-electron chi connectivity index (χ3n) is 1.81. The first-order valence-electron chi connectivity index (χ1n) is 4.32. The highest BCUT2D eigenvalue weighted by atomic mass is 32.2. The Kier molecular flexibility index (Phi) is 2.70. The molecule has 0 fully saturated rings. The maximum absolute atomic E-state index is 8.70. The number of nitrogens with zero attached hydrogens (tertiary/aromatic N) is 4. The molecule has 2 rings (SSSR count). The quantitative estimate of drug-likeness (QED) is 0.768. The van der Waals surface area contributed by atoms with E-state index < -0.39 is 0 Å². The largest absolute Gasteiger partial charge is 0.329 e. The number of nitriles is 1. The molecule has 0 radical (unpaired) electrons. The van der Waals surface area contributed by atoms with Gasteiger partial charge in [0.2, 0.25) is 0 Å². The van der Waals surface area contributed by atoms with Gasteiger partial charge in [0.1, 0.15) is 16.8 Å². The lowest BCUT2D eigenvalue weighted by atomic mass is 10.4. The van der Waals surface area contributed by atoms with E-state index in [9.17, 15) is 0 Å². The maximum atomic E-state index is 8.70. The fraction of sp³-hybridized carbons (Fsp3) is 0.100. The zero-order valence-electron chi connectivity index (χ0n) is 8.08. The van der Waals surface area contributed by atoms with Gasteiger partial charge in [-0.2, -0.15) is 5.26 Å². The standard InChI is InChI=1S/C10H8N4S/c1-14-6-5-12-10(14)15-9-4-2-3-8(7-11)13-9/h2-6H,1H3. The molecule has 0 spiro atoms. The summed E-state index contributed by atoms with van der Waals surface area (Å²) >= 11 is 1.44. The first-order valence-corrected chi connectivity index (χ1v) is 5.13. The summed E-state index contributed by atoms with van der Waals surface area (Å²) in [6.45, 7) is 0. The van der Waals surface area contributed by atoms with Crippen LogP contribution in [0.25, 0.3) is 0 Å². The molecule has 15 heavy (non-hydrogen) atoms. The van der Waals surface area contributed by atoms with Gasteiger partial charge in [-0.25, -0.2) is 9.97 Å². The molecule has 0 N–H and O–H groups in total. The summed E-state index contributed by atoms with van der Waals surface area (Å²) in [6.07, 6.45) is 3.60. The van der Waals surface area contributed by atoms with Gasteiger partial charge in [0.05, 0.1) is 0 Å². The van der Waals surface area contributed by atoms with Crippen LogP contribution in [0.15, 0.2) is 40.8 Å². The minimum absolute atomic E-state index is 0.425. The second-order valence-electron chi connectivity index (χ2n) is 2.90. The van der Waals surface area contributed by atoms with Crippen LogP contribution in [0.2, 0.25) is 0 Å². The Morgan fingerprint density at radius 3 is 3.00 bits per heavy atom. The van der Waals surface area contributed by atoms with Crippen LogP contribution in [-0.4, -0.2) is 14.5 Å². The number of imidazole rings is 1.